The molecule has 1 aliphatic rings. The van der Waals surface area contributed by atoms with E-state index >= 15 is 0 Å². The van der Waals surface area contributed by atoms with Gasteiger partial charge in [0.1, 0.15) is 0 Å². The lowest BCUT2D eigenvalue weighted by molar-refractivity contribution is 0.388. The van der Waals surface area contributed by atoms with E-state index in [1.807, 2.05) is 31.5 Å². The molecular formula is C24H37N. The summed E-state index contributed by atoms with van der Waals surface area (Å²) in [4.78, 5) is 4.28. The van der Waals surface area contributed by atoms with Crippen molar-refractivity contribution in [2.75, 3.05) is 0 Å². The number of nitrogens with zero attached hydrogens (tertiary/aromatic N) is 1. The molecule has 0 aromatic rings. The molecule has 1 unspecified atom stereocenters. The first-order valence-corrected chi connectivity index (χ1v) is 9.79. The predicted molar refractivity (Wildman–Crippen MR) is 114 cm³/mol. The van der Waals surface area contributed by atoms with Gasteiger partial charge < -0.3 is 0 Å². The minimum absolute atomic E-state index is 0.512. The quantitative estimate of drug-likeness (QED) is 0.233. The summed E-state index contributed by atoms with van der Waals surface area (Å²) in [5, 5.41) is 0. The van der Waals surface area contributed by atoms with Crippen molar-refractivity contribution in [1.82, 2.24) is 0 Å². The molecule has 0 saturated heterocycles. The van der Waals surface area contributed by atoms with E-state index in [9.17, 15) is 0 Å². The number of hydrogen-bond acceptors (Lipinski definition) is 1. The highest BCUT2D eigenvalue weighted by molar-refractivity contribution is 5.54. The summed E-state index contributed by atoms with van der Waals surface area (Å²) in [6.07, 6.45) is 18.8. The van der Waals surface area contributed by atoms with Crippen LogP contribution in [0.3, 0.4) is 0 Å². The fourth-order valence-corrected chi connectivity index (χ4v) is 3.76. The van der Waals surface area contributed by atoms with Crippen molar-refractivity contribution < 1.29 is 0 Å². The largest absolute Gasteiger partial charge is 0.269 e. The van der Waals surface area contributed by atoms with Crippen LogP contribution in [-0.4, -0.2) is 6.21 Å². The van der Waals surface area contributed by atoms with E-state index in [1.165, 1.54) is 54.4 Å². The Hall–Kier alpha value is -1.63. The molecule has 0 heterocycles. The monoisotopic (exact) mass is 339 g/mol. The molecule has 1 rings (SSSR count). The molecule has 0 amide bonds. The van der Waals surface area contributed by atoms with Crippen LogP contribution in [-0.2, 0) is 0 Å². The van der Waals surface area contributed by atoms with Crippen LogP contribution in [0.2, 0.25) is 0 Å². The van der Waals surface area contributed by atoms with Crippen LogP contribution in [0.25, 0.3) is 0 Å². The van der Waals surface area contributed by atoms with Crippen LogP contribution in [0, 0.1) is 11.8 Å². The molecule has 1 aliphatic carbocycles. The van der Waals surface area contributed by atoms with Crippen molar-refractivity contribution in [2.45, 2.75) is 72.6 Å². The molecule has 0 N–H and O–H groups in total. The zero-order valence-electron chi connectivity index (χ0n) is 16.9. The van der Waals surface area contributed by atoms with E-state index in [-0.39, 0.29) is 0 Å². The average Bonchev–Trinajstić information content (AvgIpc) is 2.62. The highest BCUT2D eigenvalue weighted by Crippen LogP contribution is 2.35. The molecule has 25 heavy (non-hydrogen) atoms. The molecule has 0 aromatic heterocycles. The second kappa shape index (κ2) is 11.8. The van der Waals surface area contributed by atoms with Crippen LogP contribution in [0.1, 0.15) is 72.6 Å². The molecule has 1 saturated carbocycles. The summed E-state index contributed by atoms with van der Waals surface area (Å²) in [5.41, 5.74) is 5.60. The van der Waals surface area contributed by atoms with E-state index in [0.29, 0.717) is 5.92 Å². The van der Waals surface area contributed by atoms with Crippen molar-refractivity contribution in [3.63, 3.8) is 0 Å². The lowest BCUT2D eigenvalue weighted by atomic mass is 9.78. The highest BCUT2D eigenvalue weighted by Gasteiger charge is 2.20. The van der Waals surface area contributed by atoms with E-state index in [0.717, 1.165) is 18.8 Å². The Morgan fingerprint density at radius 2 is 1.88 bits per heavy atom. The summed E-state index contributed by atoms with van der Waals surface area (Å²) < 4.78 is 0. The number of aliphatic imine (C=N–C) groups is 1. The third-order valence-corrected chi connectivity index (χ3v) is 5.25. The van der Waals surface area contributed by atoms with Gasteiger partial charge in [-0.05, 0) is 58.3 Å². The van der Waals surface area contributed by atoms with Gasteiger partial charge in [-0.25, -0.2) is 0 Å². The fraction of sp³-hybridized carbons (Fsp3) is 0.542. The Labute approximate surface area is 156 Å². The van der Waals surface area contributed by atoms with Gasteiger partial charge in [0.15, 0.2) is 0 Å². The number of hydrogen-bond donors (Lipinski definition) is 0. The molecule has 0 bridgehead atoms. The first-order valence-electron chi connectivity index (χ1n) is 9.79. The normalized spacial score (nSPS) is 19.3. The van der Waals surface area contributed by atoms with Crippen molar-refractivity contribution in [3.05, 3.63) is 59.9 Å². The fourth-order valence-electron chi connectivity index (χ4n) is 3.76. The molecule has 138 valence electrons. The van der Waals surface area contributed by atoms with Gasteiger partial charge in [0, 0.05) is 12.4 Å². The molecule has 1 heteroatoms. The predicted octanol–water partition coefficient (Wildman–Crippen LogP) is 7.59. The third kappa shape index (κ3) is 7.86. The Kier molecular flexibility index (Phi) is 10.1. The van der Waals surface area contributed by atoms with Gasteiger partial charge in [-0.15, -0.1) is 0 Å². The first-order chi connectivity index (χ1) is 12.0. The zero-order chi connectivity index (χ0) is 18.7. The van der Waals surface area contributed by atoms with Gasteiger partial charge in [-0.1, -0.05) is 79.9 Å². The van der Waals surface area contributed by atoms with Gasteiger partial charge in [0.05, 0.1) is 0 Å². The highest BCUT2D eigenvalue weighted by atomic mass is 14.7. The van der Waals surface area contributed by atoms with Crippen molar-refractivity contribution in [1.29, 1.82) is 0 Å². The SMILES string of the molecule is C=C/C=C\C(C)=C(/C/C(C)=C/N=CC)C(C)CC(=C)C1CCCCC1. The first kappa shape index (κ1) is 21.4. The minimum Gasteiger partial charge on any atom is -0.269 e. The van der Waals surface area contributed by atoms with Crippen LogP contribution in [0.4, 0.5) is 0 Å². The summed E-state index contributed by atoms with van der Waals surface area (Å²) in [5.74, 6) is 1.25. The summed E-state index contributed by atoms with van der Waals surface area (Å²) in [6, 6.07) is 0. The molecule has 1 atom stereocenters. The second-order valence-corrected chi connectivity index (χ2v) is 7.46. The maximum absolute atomic E-state index is 4.46. The van der Waals surface area contributed by atoms with E-state index in [1.54, 1.807) is 0 Å². The smallest absolute Gasteiger partial charge is 0.0256 e. The molecule has 0 aliphatic heterocycles. The molecular weight excluding hydrogens is 302 g/mol. The topological polar surface area (TPSA) is 12.4 Å². The van der Waals surface area contributed by atoms with Gasteiger partial charge in [0.25, 0.3) is 0 Å². The zero-order valence-corrected chi connectivity index (χ0v) is 16.9. The van der Waals surface area contributed by atoms with E-state index < -0.39 is 0 Å². The van der Waals surface area contributed by atoms with Crippen LogP contribution in [0.5, 0.6) is 0 Å². The Bertz CT molecular complexity index is 551. The Morgan fingerprint density at radius 1 is 1.20 bits per heavy atom. The van der Waals surface area contributed by atoms with Gasteiger partial charge >= 0.3 is 0 Å². The maximum atomic E-state index is 4.46. The Balaban J connectivity index is 2.91. The average molecular weight is 340 g/mol. The van der Waals surface area contributed by atoms with Crippen LogP contribution in [0.15, 0.2) is 64.9 Å². The minimum atomic E-state index is 0.512. The standard InChI is InChI=1S/C24H37N/c1-7-9-13-20(4)24(16-19(3)18-25-8-2)22(6)17-21(5)23-14-11-10-12-15-23/h7-9,13,18,22-23H,1,5,10-12,14-17H2,2-4,6H3/b13-9-,19-18+,24-20+,25-8?. The lowest BCUT2D eigenvalue weighted by Crippen LogP contribution is -2.12. The number of allylic oxidation sites excluding steroid dienone is 7. The third-order valence-electron chi connectivity index (χ3n) is 5.25. The van der Waals surface area contributed by atoms with Crippen molar-refractivity contribution in [2.24, 2.45) is 16.8 Å². The van der Waals surface area contributed by atoms with Gasteiger partial charge in [-0.2, -0.15) is 0 Å². The van der Waals surface area contributed by atoms with E-state index in [4.69, 9.17) is 0 Å². The van der Waals surface area contributed by atoms with Crippen molar-refractivity contribution >= 4 is 6.21 Å². The molecule has 0 aromatic carbocycles. The van der Waals surface area contributed by atoms with E-state index in [2.05, 4.69) is 45.0 Å². The Morgan fingerprint density at radius 3 is 2.48 bits per heavy atom. The molecule has 0 spiro atoms. The summed E-state index contributed by atoms with van der Waals surface area (Å²) in [6.45, 7) is 16.9. The van der Waals surface area contributed by atoms with Gasteiger partial charge in [0.2, 0.25) is 0 Å². The number of rotatable bonds is 9. The van der Waals surface area contributed by atoms with Crippen LogP contribution < -0.4 is 0 Å². The summed E-state index contributed by atoms with van der Waals surface area (Å²) in [7, 11) is 0. The molecule has 1 nitrogen and oxygen atoms in total. The van der Waals surface area contributed by atoms with Crippen molar-refractivity contribution in [3.8, 4) is 0 Å². The van der Waals surface area contributed by atoms with Gasteiger partial charge in [-0.3, -0.25) is 4.99 Å². The maximum Gasteiger partial charge on any atom is 0.0256 e. The van der Waals surface area contributed by atoms with Crippen LogP contribution >= 0.6 is 0 Å². The molecule has 1 fully saturated rings. The lowest BCUT2D eigenvalue weighted by Gasteiger charge is -2.27. The summed E-state index contributed by atoms with van der Waals surface area (Å²) >= 11 is 0. The second-order valence-electron chi connectivity index (χ2n) is 7.46. The molecule has 0 radical (unpaired) electrons.